The van der Waals surface area contributed by atoms with Gasteiger partial charge in [0.2, 0.25) is 5.95 Å². The number of hydrogen-bond donors (Lipinski definition) is 1. The molecule has 2 aromatic rings. The van der Waals surface area contributed by atoms with Crippen molar-refractivity contribution in [2.75, 3.05) is 36.5 Å². The Labute approximate surface area is 195 Å². The smallest absolute Gasteiger partial charge is 0.227 e. The number of benzene rings is 1. The Hall–Kier alpha value is -2.38. The van der Waals surface area contributed by atoms with Crippen LogP contribution in [0.2, 0.25) is 5.02 Å². The van der Waals surface area contributed by atoms with Crippen LogP contribution in [0.1, 0.15) is 52.0 Å². The molecule has 1 aromatic heterocycles. The fraction of sp³-hybridized carbons (Fsp3) is 0.542. The molecule has 8 heteroatoms. The summed E-state index contributed by atoms with van der Waals surface area (Å²) >= 11 is 6.41. The quantitative estimate of drug-likeness (QED) is 0.604. The van der Waals surface area contributed by atoms with Crippen molar-refractivity contribution in [2.24, 2.45) is 0 Å². The highest BCUT2D eigenvalue weighted by Gasteiger charge is 2.28. The van der Waals surface area contributed by atoms with Gasteiger partial charge < -0.3 is 24.4 Å². The van der Waals surface area contributed by atoms with Gasteiger partial charge in [-0.3, -0.25) is 0 Å². The monoisotopic (exact) mass is 460 g/mol. The maximum atomic E-state index is 11.4. The molecule has 0 aliphatic carbocycles. The van der Waals surface area contributed by atoms with E-state index in [4.69, 9.17) is 16.3 Å². The molecule has 1 aliphatic rings. The number of rotatable bonds is 9. The number of hydrogen-bond acceptors (Lipinski definition) is 7. The van der Waals surface area contributed by atoms with E-state index < -0.39 is 5.60 Å². The van der Waals surface area contributed by atoms with Crippen LogP contribution in [0, 0.1) is 0 Å². The lowest BCUT2D eigenvalue weighted by molar-refractivity contribution is -0.117. The highest BCUT2D eigenvalue weighted by Crippen LogP contribution is 2.30. The van der Waals surface area contributed by atoms with E-state index in [1.54, 1.807) is 27.0 Å². The van der Waals surface area contributed by atoms with Crippen LogP contribution < -0.4 is 14.5 Å². The Morgan fingerprint density at radius 1 is 1.38 bits per heavy atom. The van der Waals surface area contributed by atoms with Gasteiger partial charge in [0.25, 0.3) is 0 Å². The van der Waals surface area contributed by atoms with Crippen LogP contribution in [0.3, 0.4) is 0 Å². The van der Waals surface area contributed by atoms with Crippen molar-refractivity contribution >= 4 is 29.2 Å². The van der Waals surface area contributed by atoms with E-state index in [2.05, 4.69) is 21.8 Å². The first-order valence-corrected chi connectivity index (χ1v) is 11.4. The molecule has 1 fully saturated rings. The van der Waals surface area contributed by atoms with Gasteiger partial charge >= 0.3 is 0 Å². The molecule has 0 unspecified atom stereocenters. The van der Waals surface area contributed by atoms with Crippen molar-refractivity contribution in [1.82, 2.24) is 9.97 Å². The molecular weight excluding hydrogens is 428 g/mol. The first-order chi connectivity index (χ1) is 15.0. The van der Waals surface area contributed by atoms with E-state index >= 15 is 0 Å². The molecule has 0 amide bonds. The van der Waals surface area contributed by atoms with Crippen molar-refractivity contribution < 1.29 is 14.6 Å². The predicted molar refractivity (Wildman–Crippen MR) is 128 cm³/mol. The molecule has 2 heterocycles. The molecule has 32 heavy (non-hydrogen) atoms. The number of aliphatic hydroxyl groups is 1. The van der Waals surface area contributed by atoms with E-state index in [9.17, 15) is 9.90 Å². The first kappa shape index (κ1) is 24.3. The number of aromatic nitrogens is 2. The third-order valence-corrected chi connectivity index (χ3v) is 5.74. The zero-order chi connectivity index (χ0) is 23.5. The average molecular weight is 461 g/mol. The van der Waals surface area contributed by atoms with Crippen LogP contribution in [-0.2, 0) is 4.79 Å². The van der Waals surface area contributed by atoms with Gasteiger partial charge in [-0.05, 0) is 44.4 Å². The number of carbonyl (C=O) groups is 1. The second-order valence-corrected chi connectivity index (χ2v) is 9.77. The average Bonchev–Trinajstić information content (AvgIpc) is 3.15. The Bertz CT molecular complexity index is 930. The highest BCUT2D eigenvalue weighted by molar-refractivity contribution is 6.32. The predicted octanol–water partition coefficient (Wildman–Crippen LogP) is 4.08. The molecule has 7 nitrogen and oxygen atoms in total. The van der Waals surface area contributed by atoms with E-state index in [1.807, 2.05) is 36.2 Å². The third-order valence-electron chi connectivity index (χ3n) is 5.47. The number of halogens is 1. The number of ether oxygens (including phenoxy) is 1. The second kappa shape index (κ2) is 10.0. The summed E-state index contributed by atoms with van der Waals surface area (Å²) in [6, 6.07) is 8.00. The van der Waals surface area contributed by atoms with E-state index in [1.165, 1.54) is 0 Å². The van der Waals surface area contributed by atoms with Gasteiger partial charge in [0.15, 0.2) is 5.82 Å². The Morgan fingerprint density at radius 3 is 2.69 bits per heavy atom. The van der Waals surface area contributed by atoms with Crippen LogP contribution in [0.15, 0.2) is 30.5 Å². The van der Waals surface area contributed by atoms with E-state index in [0.29, 0.717) is 36.3 Å². The highest BCUT2D eigenvalue weighted by atomic mass is 35.5. The maximum Gasteiger partial charge on any atom is 0.227 e. The lowest BCUT2D eigenvalue weighted by Gasteiger charge is -2.27. The van der Waals surface area contributed by atoms with Gasteiger partial charge in [-0.25, -0.2) is 4.98 Å². The lowest BCUT2D eigenvalue weighted by atomic mass is 9.96. The number of likely N-dealkylation sites (N-methyl/N-ethyl adjacent to an activating group) is 1. The molecule has 3 rings (SSSR count). The molecule has 1 aromatic carbocycles. The number of anilines is 2. The van der Waals surface area contributed by atoms with Crippen LogP contribution >= 0.6 is 11.6 Å². The van der Waals surface area contributed by atoms with Gasteiger partial charge in [0, 0.05) is 33.0 Å². The number of carbonyl (C=O) groups excluding carboxylic acids is 1. The van der Waals surface area contributed by atoms with Gasteiger partial charge in [-0.2, -0.15) is 4.98 Å². The minimum atomic E-state index is -0.857. The summed E-state index contributed by atoms with van der Waals surface area (Å²) in [6.45, 7) is 9.04. The standard InChI is InChI=1S/C24H33ClN4O3/c1-16(12-17(2)30)18-6-8-19(9-7-18)32-20-10-11-29(14-20)22-21(25)13-26-23(27-22)28(5)15-24(3,4)31/h6-9,13,16,20,31H,10-12,14-15H2,1-5H3/t16-,20-/m1/s1. The molecule has 0 bridgehead atoms. The Kier molecular flexibility index (Phi) is 7.62. The fourth-order valence-corrected chi connectivity index (χ4v) is 4.25. The Balaban J connectivity index is 1.63. The molecule has 1 saturated heterocycles. The summed E-state index contributed by atoms with van der Waals surface area (Å²) < 4.78 is 6.19. The lowest BCUT2D eigenvalue weighted by Crippen LogP contribution is -2.37. The fourth-order valence-electron chi connectivity index (χ4n) is 4.04. The zero-order valence-electron chi connectivity index (χ0n) is 19.5. The van der Waals surface area contributed by atoms with Crippen molar-refractivity contribution in [3.8, 4) is 5.75 Å². The van der Waals surface area contributed by atoms with Crippen LogP contribution in [0.5, 0.6) is 5.75 Å². The van der Waals surface area contributed by atoms with Crippen molar-refractivity contribution in [3.63, 3.8) is 0 Å². The van der Waals surface area contributed by atoms with E-state index in [-0.39, 0.29) is 17.8 Å². The molecule has 1 N–H and O–H groups in total. The summed E-state index contributed by atoms with van der Waals surface area (Å²) in [5.41, 5.74) is 0.278. The number of ketones is 1. The molecular formula is C24H33ClN4O3. The minimum Gasteiger partial charge on any atom is -0.489 e. The summed E-state index contributed by atoms with van der Waals surface area (Å²) in [6.07, 6.45) is 3.04. The zero-order valence-corrected chi connectivity index (χ0v) is 20.3. The van der Waals surface area contributed by atoms with E-state index in [0.717, 1.165) is 24.3 Å². The molecule has 1 aliphatic heterocycles. The maximum absolute atomic E-state index is 11.4. The second-order valence-electron chi connectivity index (χ2n) is 9.36. The Morgan fingerprint density at radius 2 is 2.06 bits per heavy atom. The third kappa shape index (κ3) is 6.56. The molecule has 2 atom stereocenters. The minimum absolute atomic E-state index is 0.0269. The van der Waals surface area contributed by atoms with Gasteiger partial charge in [-0.1, -0.05) is 30.7 Å². The first-order valence-electron chi connectivity index (χ1n) is 11.0. The van der Waals surface area contributed by atoms with Gasteiger partial charge in [0.05, 0.1) is 18.3 Å². The van der Waals surface area contributed by atoms with Crippen molar-refractivity contribution in [3.05, 3.63) is 41.0 Å². The molecule has 0 saturated carbocycles. The summed E-state index contributed by atoms with van der Waals surface area (Å²) in [4.78, 5) is 24.2. The summed E-state index contributed by atoms with van der Waals surface area (Å²) in [5.74, 6) is 2.41. The largest absolute Gasteiger partial charge is 0.489 e. The number of nitrogens with zero attached hydrogens (tertiary/aromatic N) is 4. The topological polar surface area (TPSA) is 78.8 Å². The van der Waals surface area contributed by atoms with Crippen LogP contribution in [0.25, 0.3) is 0 Å². The van der Waals surface area contributed by atoms with Crippen molar-refractivity contribution in [2.45, 2.75) is 58.2 Å². The summed E-state index contributed by atoms with van der Waals surface area (Å²) in [7, 11) is 1.85. The van der Waals surface area contributed by atoms with Crippen molar-refractivity contribution in [1.29, 1.82) is 0 Å². The summed E-state index contributed by atoms with van der Waals surface area (Å²) in [5, 5.41) is 10.6. The van der Waals surface area contributed by atoms with Gasteiger partial charge in [0.1, 0.15) is 22.7 Å². The SMILES string of the molecule is CC(=O)C[C@@H](C)c1ccc(O[C@@H]2CCN(c3nc(N(C)CC(C)(C)O)ncc3Cl)C2)cc1. The van der Waals surface area contributed by atoms with Crippen LogP contribution in [-0.4, -0.2) is 59.2 Å². The number of Topliss-reactive ketones (excluding diaryl/α,β-unsaturated/α-hetero) is 1. The van der Waals surface area contributed by atoms with Gasteiger partial charge in [-0.15, -0.1) is 0 Å². The van der Waals surface area contributed by atoms with Crippen LogP contribution in [0.4, 0.5) is 11.8 Å². The molecule has 0 radical (unpaired) electrons. The molecule has 0 spiro atoms. The molecule has 174 valence electrons. The normalized spacial score (nSPS) is 17.3.